The Kier molecular flexibility index (Phi) is 9.03. The molecular formula is C23H28ClN7O4S2. The first-order valence-corrected chi connectivity index (χ1v) is 13.3. The molecule has 2 aromatic heterocycles. The highest BCUT2D eigenvalue weighted by Gasteiger charge is 2.35. The number of nitrogens with one attached hydrogen (secondary N) is 3. The van der Waals surface area contributed by atoms with Crippen molar-refractivity contribution < 1.29 is 19.1 Å². The molecule has 37 heavy (non-hydrogen) atoms. The van der Waals surface area contributed by atoms with Gasteiger partial charge in [-0.3, -0.25) is 14.4 Å². The van der Waals surface area contributed by atoms with Crippen LogP contribution in [-0.2, 0) is 27.3 Å². The Balaban J connectivity index is 1.44. The minimum atomic E-state index is -0.550. The van der Waals surface area contributed by atoms with Crippen LogP contribution >= 0.6 is 35.2 Å². The summed E-state index contributed by atoms with van der Waals surface area (Å²) in [5.74, 6) is -0.656. The number of carbonyl (C=O) groups is 3. The van der Waals surface area contributed by atoms with Gasteiger partial charge in [0.25, 0.3) is 11.8 Å². The van der Waals surface area contributed by atoms with Crippen molar-refractivity contribution in [3.8, 4) is 0 Å². The molecule has 0 bridgehead atoms. The van der Waals surface area contributed by atoms with E-state index in [1.54, 1.807) is 17.0 Å². The number of rotatable bonds is 6. The average molecular weight is 566 g/mol. The van der Waals surface area contributed by atoms with E-state index in [4.69, 9.17) is 28.6 Å². The van der Waals surface area contributed by atoms with Crippen molar-refractivity contribution in [2.75, 3.05) is 45.7 Å². The summed E-state index contributed by atoms with van der Waals surface area (Å²) in [6.45, 7) is 2.20. The average Bonchev–Trinajstić information content (AvgIpc) is 3.30. The number of fused-ring (bicyclic) bond motifs is 1. The number of halogens is 1. The Bertz CT molecular complexity index is 1180. The zero-order valence-corrected chi connectivity index (χ0v) is 22.8. The Labute approximate surface area is 228 Å². The number of thiocarbonyl (C=S) groups is 1. The first-order chi connectivity index (χ1) is 17.7. The summed E-state index contributed by atoms with van der Waals surface area (Å²) in [5, 5.41) is 9.50. The third-order valence-electron chi connectivity index (χ3n) is 6.16. The fourth-order valence-electron chi connectivity index (χ4n) is 4.22. The molecule has 0 radical (unpaired) electrons. The Hall–Kier alpha value is -2.71. The van der Waals surface area contributed by atoms with E-state index in [1.807, 2.05) is 7.05 Å². The Morgan fingerprint density at radius 3 is 2.78 bits per heavy atom. The minimum Gasteiger partial charge on any atom is -0.375 e. The second-order valence-corrected chi connectivity index (χ2v) is 10.8. The van der Waals surface area contributed by atoms with Crippen molar-refractivity contribution in [1.82, 2.24) is 30.4 Å². The number of nitrogens with zero attached hydrogens (tertiary/aromatic N) is 4. The lowest BCUT2D eigenvalue weighted by atomic mass is 9.98. The number of aromatic nitrogens is 2. The monoisotopic (exact) mass is 565 g/mol. The quantitative estimate of drug-likeness (QED) is 0.441. The summed E-state index contributed by atoms with van der Waals surface area (Å²) in [6, 6.07) is 2.23. The van der Waals surface area contributed by atoms with Gasteiger partial charge in [-0.25, -0.2) is 9.97 Å². The number of likely N-dealkylation sites (tertiary alicyclic amines) is 1. The summed E-state index contributed by atoms with van der Waals surface area (Å²) in [6.07, 6.45) is 2.66. The third kappa shape index (κ3) is 6.99. The SMILES string of the molecule is COCC(=O)N1CCC(NC(=O)C(=S)Nc2ccc(Cl)cn2)C(NC(=O)c2nc3c(s2)CN(C)CC3)C1. The van der Waals surface area contributed by atoms with Crippen molar-refractivity contribution >= 4 is 63.7 Å². The first kappa shape index (κ1) is 27.3. The summed E-state index contributed by atoms with van der Waals surface area (Å²) in [4.78, 5) is 51.9. The predicted molar refractivity (Wildman–Crippen MR) is 144 cm³/mol. The topological polar surface area (TPSA) is 129 Å². The van der Waals surface area contributed by atoms with Gasteiger partial charge in [0, 0.05) is 50.8 Å². The molecule has 4 heterocycles. The van der Waals surface area contributed by atoms with Crippen molar-refractivity contribution in [3.05, 3.63) is 38.9 Å². The first-order valence-electron chi connectivity index (χ1n) is 11.7. The number of pyridine rings is 1. The normalized spacial score (nSPS) is 19.6. The zero-order chi connectivity index (χ0) is 26.5. The molecule has 3 N–H and O–H groups in total. The Morgan fingerprint density at radius 2 is 2.05 bits per heavy atom. The van der Waals surface area contributed by atoms with E-state index in [2.05, 4.69) is 30.8 Å². The number of thiazole rings is 1. The number of hydrogen-bond donors (Lipinski definition) is 3. The van der Waals surface area contributed by atoms with Gasteiger partial charge in [0.1, 0.15) is 12.4 Å². The molecule has 2 aliphatic heterocycles. The van der Waals surface area contributed by atoms with Crippen LogP contribution < -0.4 is 16.0 Å². The number of anilines is 1. The van der Waals surface area contributed by atoms with Crippen molar-refractivity contribution in [2.45, 2.75) is 31.5 Å². The molecule has 2 aliphatic rings. The number of carbonyl (C=O) groups excluding carboxylic acids is 3. The van der Waals surface area contributed by atoms with Gasteiger partial charge in [0.2, 0.25) is 5.91 Å². The standard InChI is InChI=1S/C23H28ClN7O4S2/c1-30-7-5-15-17(11-30)37-23(28-15)21(34)27-16-10-31(19(32)12-35-2)8-6-14(16)26-20(33)22(36)29-18-4-3-13(24)9-25-18/h3-4,9,14,16H,5-8,10-12H2,1-2H3,(H,26,33)(H,27,34)(H,25,29,36). The molecule has 1 saturated heterocycles. The molecule has 14 heteroatoms. The molecule has 0 aliphatic carbocycles. The molecule has 2 atom stereocenters. The van der Waals surface area contributed by atoms with Gasteiger partial charge in [0.05, 0.1) is 22.8 Å². The highest BCUT2D eigenvalue weighted by Crippen LogP contribution is 2.25. The fourth-order valence-corrected chi connectivity index (χ4v) is 5.59. The van der Waals surface area contributed by atoms with Gasteiger partial charge in [-0.1, -0.05) is 23.8 Å². The van der Waals surface area contributed by atoms with Gasteiger partial charge in [-0.05, 0) is 25.6 Å². The lowest BCUT2D eigenvalue weighted by Crippen LogP contribution is -2.62. The van der Waals surface area contributed by atoms with Gasteiger partial charge in [-0.15, -0.1) is 11.3 Å². The molecule has 2 unspecified atom stereocenters. The van der Waals surface area contributed by atoms with E-state index in [9.17, 15) is 14.4 Å². The van der Waals surface area contributed by atoms with E-state index in [0.717, 1.165) is 30.1 Å². The summed E-state index contributed by atoms with van der Waals surface area (Å²) in [7, 11) is 3.49. The molecule has 11 nitrogen and oxygen atoms in total. The van der Waals surface area contributed by atoms with Gasteiger partial charge < -0.3 is 30.5 Å². The smallest absolute Gasteiger partial charge is 0.280 e. The fraction of sp³-hybridized carbons (Fsp3) is 0.478. The molecule has 1 fully saturated rings. The number of piperidine rings is 1. The van der Waals surface area contributed by atoms with Crippen LogP contribution in [0.4, 0.5) is 5.82 Å². The van der Waals surface area contributed by atoms with Crippen molar-refractivity contribution in [1.29, 1.82) is 0 Å². The van der Waals surface area contributed by atoms with Crippen molar-refractivity contribution in [2.24, 2.45) is 0 Å². The van der Waals surface area contributed by atoms with E-state index in [-0.39, 0.29) is 30.0 Å². The van der Waals surface area contributed by atoms with Crippen LogP contribution in [0.3, 0.4) is 0 Å². The number of amides is 3. The summed E-state index contributed by atoms with van der Waals surface area (Å²) in [5.41, 5.74) is 0.950. The van der Waals surface area contributed by atoms with E-state index >= 15 is 0 Å². The van der Waals surface area contributed by atoms with Gasteiger partial charge >= 0.3 is 0 Å². The second kappa shape index (κ2) is 12.2. The van der Waals surface area contributed by atoms with Crippen LogP contribution in [0.25, 0.3) is 0 Å². The maximum absolute atomic E-state index is 13.2. The Morgan fingerprint density at radius 1 is 1.24 bits per heavy atom. The predicted octanol–water partition coefficient (Wildman–Crippen LogP) is 1.08. The minimum absolute atomic E-state index is 0.0630. The van der Waals surface area contributed by atoms with Crippen LogP contribution in [0.2, 0.25) is 5.02 Å². The molecule has 3 amide bonds. The van der Waals surface area contributed by atoms with Gasteiger partial charge in [-0.2, -0.15) is 0 Å². The zero-order valence-electron chi connectivity index (χ0n) is 20.5. The van der Waals surface area contributed by atoms with E-state index in [1.165, 1.54) is 24.6 Å². The second-order valence-electron chi connectivity index (χ2n) is 8.91. The molecule has 0 aromatic carbocycles. The highest BCUT2D eigenvalue weighted by molar-refractivity contribution is 7.82. The van der Waals surface area contributed by atoms with E-state index in [0.29, 0.717) is 28.8 Å². The summed E-state index contributed by atoms with van der Waals surface area (Å²) >= 11 is 12.5. The van der Waals surface area contributed by atoms with Crippen LogP contribution in [-0.4, -0.2) is 95.0 Å². The lowest BCUT2D eigenvalue weighted by Gasteiger charge is -2.39. The van der Waals surface area contributed by atoms with Crippen LogP contribution in [0.1, 0.15) is 26.8 Å². The highest BCUT2D eigenvalue weighted by atomic mass is 35.5. The number of ether oxygens (including phenoxy) is 1. The van der Waals surface area contributed by atoms with Crippen LogP contribution in [0.15, 0.2) is 18.3 Å². The third-order valence-corrected chi connectivity index (χ3v) is 7.75. The van der Waals surface area contributed by atoms with Crippen LogP contribution in [0, 0.1) is 0 Å². The number of likely N-dealkylation sites (N-methyl/N-ethyl adjacent to an activating group) is 1. The molecule has 2 aromatic rings. The maximum atomic E-state index is 13.2. The maximum Gasteiger partial charge on any atom is 0.280 e. The number of hydrogen-bond acceptors (Lipinski definition) is 9. The van der Waals surface area contributed by atoms with Gasteiger partial charge in [0.15, 0.2) is 10.00 Å². The lowest BCUT2D eigenvalue weighted by molar-refractivity contribution is -0.136. The molecule has 198 valence electrons. The van der Waals surface area contributed by atoms with Crippen molar-refractivity contribution in [3.63, 3.8) is 0 Å². The molecular weight excluding hydrogens is 538 g/mol. The molecule has 4 rings (SSSR count). The summed E-state index contributed by atoms with van der Waals surface area (Å²) < 4.78 is 4.98. The van der Waals surface area contributed by atoms with Crippen LogP contribution in [0.5, 0.6) is 0 Å². The number of methoxy groups -OCH3 is 1. The van der Waals surface area contributed by atoms with E-state index < -0.39 is 18.0 Å². The molecule has 0 saturated carbocycles. The largest absolute Gasteiger partial charge is 0.375 e. The molecule has 0 spiro atoms.